The Hall–Kier alpha value is -2.58. The molecule has 1 aliphatic heterocycles. The average molecular weight is 450 g/mol. The number of piperidine rings is 1. The van der Waals surface area contributed by atoms with Crippen molar-refractivity contribution in [3.63, 3.8) is 0 Å². The smallest absolute Gasteiger partial charge is 0.158 e. The van der Waals surface area contributed by atoms with Crippen LogP contribution in [0.5, 0.6) is 0 Å². The van der Waals surface area contributed by atoms with Crippen molar-refractivity contribution < 1.29 is 0 Å². The predicted molar refractivity (Wildman–Crippen MR) is 129 cm³/mol. The van der Waals surface area contributed by atoms with Crippen LogP contribution in [-0.4, -0.2) is 53.8 Å². The second-order valence-corrected chi connectivity index (χ2v) is 10.5. The lowest BCUT2D eigenvalue weighted by Crippen LogP contribution is -2.37. The van der Waals surface area contributed by atoms with E-state index in [0.717, 1.165) is 41.3 Å². The highest BCUT2D eigenvalue weighted by molar-refractivity contribution is 7.15. The third-order valence-corrected chi connectivity index (χ3v) is 7.77. The number of hydrogen-bond donors (Lipinski definition) is 1. The van der Waals surface area contributed by atoms with E-state index in [2.05, 4.69) is 60.8 Å². The number of rotatable bonds is 5. The summed E-state index contributed by atoms with van der Waals surface area (Å²) in [6.07, 6.45) is 8.02. The van der Waals surface area contributed by atoms with Crippen molar-refractivity contribution in [2.45, 2.75) is 65.3 Å². The number of pyridine rings is 1. The maximum absolute atomic E-state index is 4.85. The van der Waals surface area contributed by atoms with Gasteiger partial charge in [0.25, 0.3) is 0 Å². The van der Waals surface area contributed by atoms with E-state index >= 15 is 0 Å². The minimum absolute atomic E-state index is 0.324. The molecule has 0 radical (unpaired) electrons. The van der Waals surface area contributed by atoms with Gasteiger partial charge in [0, 0.05) is 35.5 Å². The molecule has 0 saturated carbocycles. The normalized spacial score (nSPS) is 16.1. The lowest BCUT2D eigenvalue weighted by Gasteiger charge is -2.33. The minimum Gasteiger partial charge on any atom is -0.301 e. The van der Waals surface area contributed by atoms with Gasteiger partial charge in [-0.1, -0.05) is 13.8 Å². The Morgan fingerprint density at radius 3 is 2.62 bits per heavy atom. The molecule has 0 spiro atoms. The molecule has 0 amide bonds. The third kappa shape index (κ3) is 3.75. The summed E-state index contributed by atoms with van der Waals surface area (Å²) in [7, 11) is 0. The molecular weight excluding hydrogens is 418 g/mol. The van der Waals surface area contributed by atoms with Crippen LogP contribution in [0.15, 0.2) is 24.8 Å². The Balaban J connectivity index is 1.47. The van der Waals surface area contributed by atoms with E-state index in [4.69, 9.17) is 10.1 Å². The standard InChI is InChI=1S/C24H31N7S/c1-14(2)20-21(18-10-16(5)23-26-13-27-31(23)12-18)28-29-22(20)19-11-25-24(32-19)17-6-8-30(9-7-17)15(3)4/h10-15,17H,6-9H2,1-5H3,(H,28,29). The van der Waals surface area contributed by atoms with Crippen LogP contribution in [0.25, 0.3) is 27.5 Å². The van der Waals surface area contributed by atoms with Gasteiger partial charge in [-0.25, -0.2) is 14.5 Å². The summed E-state index contributed by atoms with van der Waals surface area (Å²) in [5.41, 5.74) is 6.33. The molecule has 5 rings (SSSR count). The maximum atomic E-state index is 4.85. The molecule has 1 fully saturated rings. The molecule has 0 aromatic carbocycles. The Morgan fingerprint density at radius 2 is 1.91 bits per heavy atom. The third-order valence-electron chi connectivity index (χ3n) is 6.59. The van der Waals surface area contributed by atoms with E-state index in [0.29, 0.717) is 17.9 Å². The first kappa shape index (κ1) is 21.3. The molecule has 4 aromatic heterocycles. The van der Waals surface area contributed by atoms with Gasteiger partial charge < -0.3 is 4.90 Å². The summed E-state index contributed by atoms with van der Waals surface area (Å²) in [5.74, 6) is 0.886. The fourth-order valence-electron chi connectivity index (χ4n) is 4.80. The number of aryl methyl sites for hydroxylation is 1. The van der Waals surface area contributed by atoms with Crippen LogP contribution in [0.1, 0.15) is 68.5 Å². The Labute approximate surface area is 192 Å². The number of nitrogens with one attached hydrogen (secondary N) is 1. The molecule has 5 heterocycles. The Morgan fingerprint density at radius 1 is 1.12 bits per heavy atom. The first-order chi connectivity index (χ1) is 15.4. The van der Waals surface area contributed by atoms with Crippen molar-refractivity contribution >= 4 is 17.0 Å². The second kappa shape index (κ2) is 8.41. The maximum Gasteiger partial charge on any atom is 0.158 e. The highest BCUT2D eigenvalue weighted by Gasteiger charge is 2.26. The first-order valence-corrected chi connectivity index (χ1v) is 12.3. The van der Waals surface area contributed by atoms with E-state index in [1.807, 2.05) is 28.2 Å². The summed E-state index contributed by atoms with van der Waals surface area (Å²) in [6, 6.07) is 2.77. The topological polar surface area (TPSA) is 75.0 Å². The van der Waals surface area contributed by atoms with Crippen LogP contribution in [0.3, 0.4) is 0 Å². The van der Waals surface area contributed by atoms with Crippen LogP contribution < -0.4 is 0 Å². The van der Waals surface area contributed by atoms with Crippen molar-refractivity contribution in [2.75, 3.05) is 13.1 Å². The number of nitrogens with zero attached hydrogens (tertiary/aromatic N) is 6. The lowest BCUT2D eigenvalue weighted by atomic mass is 9.96. The van der Waals surface area contributed by atoms with Gasteiger partial charge in [0.05, 0.1) is 21.3 Å². The van der Waals surface area contributed by atoms with E-state index in [1.54, 1.807) is 6.33 Å². The molecule has 32 heavy (non-hydrogen) atoms. The summed E-state index contributed by atoms with van der Waals surface area (Å²) in [5, 5.41) is 13.7. The summed E-state index contributed by atoms with van der Waals surface area (Å²) in [6.45, 7) is 13.4. The molecule has 4 aromatic rings. The number of likely N-dealkylation sites (tertiary alicyclic amines) is 1. The zero-order valence-corrected chi connectivity index (χ0v) is 20.3. The molecular formula is C24H31N7S. The van der Waals surface area contributed by atoms with Gasteiger partial charge in [0.1, 0.15) is 6.33 Å². The van der Waals surface area contributed by atoms with Crippen LogP contribution in [0, 0.1) is 6.92 Å². The fraction of sp³-hybridized carbons (Fsp3) is 0.500. The predicted octanol–water partition coefficient (Wildman–Crippen LogP) is 5.26. The van der Waals surface area contributed by atoms with E-state index < -0.39 is 0 Å². The zero-order chi connectivity index (χ0) is 22.4. The summed E-state index contributed by atoms with van der Waals surface area (Å²) < 4.78 is 1.83. The van der Waals surface area contributed by atoms with Crippen molar-refractivity contribution in [3.05, 3.63) is 40.9 Å². The molecule has 1 saturated heterocycles. The number of H-pyrrole nitrogens is 1. The SMILES string of the molecule is Cc1cc(-c2n[nH]c(-c3cnc(C4CCN(C(C)C)CC4)s3)c2C(C)C)cn2ncnc12. The quantitative estimate of drug-likeness (QED) is 0.450. The molecule has 8 heteroatoms. The average Bonchev–Trinajstić information content (AvgIpc) is 3.51. The lowest BCUT2D eigenvalue weighted by molar-refractivity contribution is 0.172. The van der Waals surface area contributed by atoms with Crippen LogP contribution in [0.2, 0.25) is 0 Å². The molecule has 7 nitrogen and oxygen atoms in total. The monoisotopic (exact) mass is 449 g/mol. The van der Waals surface area contributed by atoms with Crippen LogP contribution in [0.4, 0.5) is 0 Å². The summed E-state index contributed by atoms with van der Waals surface area (Å²) in [4.78, 5) is 12.9. The molecule has 0 unspecified atom stereocenters. The van der Waals surface area contributed by atoms with Gasteiger partial charge in [0.2, 0.25) is 0 Å². The fourth-order valence-corrected chi connectivity index (χ4v) is 5.89. The van der Waals surface area contributed by atoms with Gasteiger partial charge in [-0.05, 0) is 64.3 Å². The van der Waals surface area contributed by atoms with Crippen molar-refractivity contribution in [1.82, 2.24) is 34.7 Å². The van der Waals surface area contributed by atoms with Gasteiger partial charge in [-0.2, -0.15) is 10.2 Å². The largest absolute Gasteiger partial charge is 0.301 e. The van der Waals surface area contributed by atoms with Crippen molar-refractivity contribution in [3.8, 4) is 21.8 Å². The molecule has 1 aliphatic rings. The molecule has 1 N–H and O–H groups in total. The van der Waals surface area contributed by atoms with Gasteiger partial charge in [0.15, 0.2) is 5.65 Å². The van der Waals surface area contributed by atoms with Crippen molar-refractivity contribution in [2.24, 2.45) is 0 Å². The van der Waals surface area contributed by atoms with Crippen LogP contribution in [-0.2, 0) is 0 Å². The molecule has 0 aliphatic carbocycles. The van der Waals surface area contributed by atoms with Gasteiger partial charge >= 0.3 is 0 Å². The number of aromatic nitrogens is 6. The summed E-state index contributed by atoms with van der Waals surface area (Å²) >= 11 is 1.82. The number of fused-ring (bicyclic) bond motifs is 1. The molecule has 168 valence electrons. The number of thiazole rings is 1. The first-order valence-electron chi connectivity index (χ1n) is 11.5. The number of aromatic amines is 1. The molecule has 0 atom stereocenters. The van der Waals surface area contributed by atoms with Gasteiger partial charge in [-0.3, -0.25) is 5.10 Å². The van der Waals surface area contributed by atoms with Crippen LogP contribution >= 0.6 is 11.3 Å². The van der Waals surface area contributed by atoms with E-state index in [9.17, 15) is 0 Å². The minimum atomic E-state index is 0.324. The second-order valence-electron chi connectivity index (χ2n) is 9.42. The Kier molecular flexibility index (Phi) is 5.59. The van der Waals surface area contributed by atoms with E-state index in [1.165, 1.54) is 28.3 Å². The highest BCUT2D eigenvalue weighted by Crippen LogP contribution is 2.40. The van der Waals surface area contributed by atoms with Crippen molar-refractivity contribution in [1.29, 1.82) is 0 Å². The Bertz CT molecular complexity index is 1220. The molecule has 0 bridgehead atoms. The highest BCUT2D eigenvalue weighted by atomic mass is 32.1. The van der Waals surface area contributed by atoms with Gasteiger partial charge in [-0.15, -0.1) is 11.3 Å². The number of hydrogen-bond acceptors (Lipinski definition) is 6. The van der Waals surface area contributed by atoms with E-state index in [-0.39, 0.29) is 0 Å². The zero-order valence-electron chi connectivity index (χ0n) is 19.5.